The first-order chi connectivity index (χ1) is 10.1. The molecule has 116 valence electrons. The smallest absolute Gasteiger partial charge is 0.241 e. The second kappa shape index (κ2) is 7.32. The van der Waals surface area contributed by atoms with Crippen molar-refractivity contribution in [3.05, 3.63) is 35.4 Å². The van der Waals surface area contributed by atoms with Crippen LogP contribution in [0.2, 0.25) is 0 Å². The molecule has 1 N–H and O–H groups in total. The van der Waals surface area contributed by atoms with Gasteiger partial charge in [-0.15, -0.1) is 0 Å². The van der Waals surface area contributed by atoms with Gasteiger partial charge in [-0.05, 0) is 29.7 Å². The van der Waals surface area contributed by atoms with Crippen LogP contribution in [0.1, 0.15) is 38.1 Å². The Labute approximate surface area is 132 Å². The van der Waals surface area contributed by atoms with Gasteiger partial charge >= 0.3 is 0 Å². The van der Waals surface area contributed by atoms with E-state index in [1.54, 1.807) is 11.8 Å². The molecule has 0 aliphatic carbocycles. The Morgan fingerprint density at radius 1 is 1.29 bits per heavy atom. The Balaban J connectivity index is 2.22. The normalized spacial score (nSPS) is 22.3. The van der Waals surface area contributed by atoms with Crippen LogP contribution in [0.25, 0.3) is 0 Å². The lowest BCUT2D eigenvalue weighted by Gasteiger charge is -2.24. The van der Waals surface area contributed by atoms with E-state index in [4.69, 9.17) is 0 Å². The van der Waals surface area contributed by atoms with Gasteiger partial charge in [-0.1, -0.05) is 45.0 Å². The molecular formula is C17H26N2OS. The van der Waals surface area contributed by atoms with Crippen LogP contribution >= 0.6 is 11.8 Å². The quantitative estimate of drug-likeness (QED) is 0.876. The molecule has 4 heteroatoms. The molecule has 0 aromatic heterocycles. The fourth-order valence-electron chi connectivity index (χ4n) is 2.76. The molecule has 1 aliphatic heterocycles. The molecule has 0 saturated carbocycles. The average molecular weight is 306 g/mol. The summed E-state index contributed by atoms with van der Waals surface area (Å²) in [7, 11) is 0. The summed E-state index contributed by atoms with van der Waals surface area (Å²) < 4.78 is 0. The van der Waals surface area contributed by atoms with Crippen molar-refractivity contribution >= 4 is 17.7 Å². The molecule has 2 atom stereocenters. The number of carbonyl (C=O) groups excluding carboxylic acids is 1. The number of carbonyl (C=O) groups is 1. The van der Waals surface area contributed by atoms with E-state index in [2.05, 4.69) is 56.6 Å². The first-order valence-corrected chi connectivity index (χ1v) is 9.12. The van der Waals surface area contributed by atoms with E-state index in [1.807, 2.05) is 4.90 Å². The fourth-order valence-corrected chi connectivity index (χ4v) is 3.13. The minimum absolute atomic E-state index is 0.0166. The summed E-state index contributed by atoms with van der Waals surface area (Å²) in [6, 6.07) is 8.56. The molecule has 1 saturated heterocycles. The molecule has 1 aromatic carbocycles. The summed E-state index contributed by atoms with van der Waals surface area (Å²) in [5.74, 6) is 1.53. The third-order valence-electron chi connectivity index (χ3n) is 4.10. The maximum atomic E-state index is 12.6. The molecule has 1 fully saturated rings. The molecular weight excluding hydrogens is 280 g/mol. The highest BCUT2D eigenvalue weighted by Crippen LogP contribution is 2.28. The molecule has 2 rings (SSSR count). The van der Waals surface area contributed by atoms with E-state index in [0.29, 0.717) is 5.92 Å². The second-order valence-corrected chi connectivity index (χ2v) is 6.90. The number of hydrogen-bond acceptors (Lipinski definition) is 3. The number of aryl methyl sites for hydroxylation is 1. The van der Waals surface area contributed by atoms with Gasteiger partial charge in [-0.2, -0.15) is 11.8 Å². The molecule has 2 unspecified atom stereocenters. The van der Waals surface area contributed by atoms with Gasteiger partial charge in [0, 0.05) is 12.3 Å². The number of hydrogen-bond donors (Lipinski definition) is 1. The summed E-state index contributed by atoms with van der Waals surface area (Å²) in [6.45, 7) is 7.16. The zero-order valence-corrected chi connectivity index (χ0v) is 14.2. The van der Waals surface area contributed by atoms with Crippen molar-refractivity contribution in [1.29, 1.82) is 0 Å². The lowest BCUT2D eigenvalue weighted by atomic mass is 10.0. The zero-order chi connectivity index (χ0) is 15.4. The number of thioether (sulfide) groups is 1. The fraction of sp³-hybridized carbons (Fsp3) is 0.588. The van der Waals surface area contributed by atoms with Crippen molar-refractivity contribution < 1.29 is 4.79 Å². The Kier molecular flexibility index (Phi) is 5.71. The van der Waals surface area contributed by atoms with Crippen LogP contribution in [0, 0.1) is 5.92 Å². The van der Waals surface area contributed by atoms with Gasteiger partial charge in [0.15, 0.2) is 0 Å². The summed E-state index contributed by atoms with van der Waals surface area (Å²) >= 11 is 1.78. The molecule has 0 bridgehead atoms. The molecule has 1 aliphatic rings. The number of amides is 1. The van der Waals surface area contributed by atoms with Crippen molar-refractivity contribution in [2.75, 3.05) is 18.6 Å². The number of benzene rings is 1. The standard InChI is InChI=1S/C17H26N2OS/c1-5-13-6-8-14(9-7-13)16-18-15(12(2)3)17(20)19(16)10-11-21-4/h6-9,12,15-16,18H,5,10-11H2,1-4H3. The van der Waals surface area contributed by atoms with E-state index in [1.165, 1.54) is 11.1 Å². The van der Waals surface area contributed by atoms with Crippen LogP contribution in [-0.4, -0.2) is 35.4 Å². The maximum absolute atomic E-state index is 12.6. The zero-order valence-electron chi connectivity index (χ0n) is 13.4. The van der Waals surface area contributed by atoms with Gasteiger partial charge in [0.05, 0.1) is 6.04 Å². The van der Waals surface area contributed by atoms with E-state index in [0.717, 1.165) is 18.7 Å². The summed E-state index contributed by atoms with van der Waals surface area (Å²) in [6.07, 6.45) is 3.14. The second-order valence-electron chi connectivity index (χ2n) is 5.91. The van der Waals surface area contributed by atoms with Crippen LogP contribution in [0.3, 0.4) is 0 Å². The van der Waals surface area contributed by atoms with Crippen LogP contribution in [0.15, 0.2) is 24.3 Å². The van der Waals surface area contributed by atoms with Gasteiger partial charge < -0.3 is 4.90 Å². The van der Waals surface area contributed by atoms with Crippen molar-refractivity contribution in [3.63, 3.8) is 0 Å². The molecule has 0 radical (unpaired) electrons. The van der Waals surface area contributed by atoms with Crippen molar-refractivity contribution in [3.8, 4) is 0 Å². The number of rotatable bonds is 6. The van der Waals surface area contributed by atoms with Gasteiger partial charge in [-0.25, -0.2) is 0 Å². The van der Waals surface area contributed by atoms with E-state index in [-0.39, 0.29) is 18.1 Å². The van der Waals surface area contributed by atoms with Gasteiger partial charge in [0.2, 0.25) is 5.91 Å². The van der Waals surface area contributed by atoms with Crippen LogP contribution in [-0.2, 0) is 11.2 Å². The summed E-state index contributed by atoms with van der Waals surface area (Å²) in [5.41, 5.74) is 2.52. The Hall–Kier alpha value is -1.00. The summed E-state index contributed by atoms with van der Waals surface area (Å²) in [5, 5.41) is 3.52. The molecule has 21 heavy (non-hydrogen) atoms. The van der Waals surface area contributed by atoms with Crippen LogP contribution in [0.5, 0.6) is 0 Å². The highest BCUT2D eigenvalue weighted by atomic mass is 32.2. The highest BCUT2D eigenvalue weighted by Gasteiger charge is 2.40. The molecule has 0 spiro atoms. The van der Waals surface area contributed by atoms with Gasteiger partial charge in [-0.3, -0.25) is 10.1 Å². The summed E-state index contributed by atoms with van der Waals surface area (Å²) in [4.78, 5) is 14.6. The molecule has 3 nitrogen and oxygen atoms in total. The molecule has 1 amide bonds. The highest BCUT2D eigenvalue weighted by molar-refractivity contribution is 7.98. The van der Waals surface area contributed by atoms with Gasteiger partial charge in [0.25, 0.3) is 0 Å². The van der Waals surface area contributed by atoms with Gasteiger partial charge in [0.1, 0.15) is 6.17 Å². The largest absolute Gasteiger partial charge is 0.321 e. The lowest BCUT2D eigenvalue weighted by molar-refractivity contribution is -0.130. The van der Waals surface area contributed by atoms with Crippen molar-refractivity contribution in [1.82, 2.24) is 10.2 Å². The molecule has 1 heterocycles. The topological polar surface area (TPSA) is 32.3 Å². The first-order valence-electron chi connectivity index (χ1n) is 7.72. The Bertz CT molecular complexity index is 472. The van der Waals surface area contributed by atoms with E-state index < -0.39 is 0 Å². The van der Waals surface area contributed by atoms with E-state index >= 15 is 0 Å². The van der Waals surface area contributed by atoms with Crippen LogP contribution in [0.4, 0.5) is 0 Å². The lowest BCUT2D eigenvalue weighted by Crippen LogP contribution is -2.35. The minimum atomic E-state index is -0.0669. The van der Waals surface area contributed by atoms with Crippen molar-refractivity contribution in [2.24, 2.45) is 5.92 Å². The monoisotopic (exact) mass is 306 g/mol. The maximum Gasteiger partial charge on any atom is 0.241 e. The molecule has 1 aromatic rings. The predicted molar refractivity (Wildman–Crippen MR) is 90.4 cm³/mol. The first kappa shape index (κ1) is 16.4. The Morgan fingerprint density at radius 3 is 2.48 bits per heavy atom. The number of nitrogens with zero attached hydrogens (tertiary/aromatic N) is 1. The minimum Gasteiger partial charge on any atom is -0.321 e. The van der Waals surface area contributed by atoms with Crippen molar-refractivity contribution in [2.45, 2.75) is 39.4 Å². The van der Waals surface area contributed by atoms with E-state index in [9.17, 15) is 4.79 Å². The average Bonchev–Trinajstić information content (AvgIpc) is 2.82. The SMILES string of the molecule is CCc1ccc(C2NC(C(C)C)C(=O)N2CCSC)cc1. The van der Waals surface area contributed by atoms with Crippen LogP contribution < -0.4 is 5.32 Å². The number of nitrogens with one attached hydrogen (secondary N) is 1. The predicted octanol–water partition coefficient (Wildman–Crippen LogP) is 3.07. The third kappa shape index (κ3) is 3.61. The third-order valence-corrected chi connectivity index (χ3v) is 4.70. The Morgan fingerprint density at radius 2 is 1.95 bits per heavy atom.